The van der Waals surface area contributed by atoms with Crippen molar-refractivity contribution < 1.29 is 4.74 Å². The smallest absolute Gasteiger partial charge is 0.190 e. The van der Waals surface area contributed by atoms with E-state index in [0.717, 1.165) is 38.5 Å². The van der Waals surface area contributed by atoms with Gasteiger partial charge in [-0.3, -0.25) is 9.67 Å². The normalized spacial score (nSPS) is 12.3. The third kappa shape index (κ3) is 8.18. The third-order valence-electron chi connectivity index (χ3n) is 3.94. The van der Waals surface area contributed by atoms with Crippen molar-refractivity contribution in [2.45, 2.75) is 25.9 Å². The molecule has 2 aromatic rings. The lowest BCUT2D eigenvalue weighted by Crippen LogP contribution is -2.39. The highest BCUT2D eigenvalue weighted by Crippen LogP contribution is 2.15. The summed E-state index contributed by atoms with van der Waals surface area (Å²) in [5, 5.41) is 10.8. The van der Waals surface area contributed by atoms with Gasteiger partial charge in [0.15, 0.2) is 5.96 Å². The molecule has 0 spiro atoms. The third-order valence-corrected chi connectivity index (χ3v) is 3.94. The zero-order valence-corrected chi connectivity index (χ0v) is 18.1. The van der Waals surface area contributed by atoms with E-state index in [0.29, 0.717) is 0 Å². The lowest BCUT2D eigenvalue weighted by molar-refractivity contribution is 0.0646. The van der Waals surface area contributed by atoms with Crippen LogP contribution < -0.4 is 10.6 Å². The fraction of sp³-hybridized carbons (Fsp3) is 0.474. The maximum absolute atomic E-state index is 5.88. The molecule has 2 rings (SSSR count). The Bertz CT molecular complexity index is 644. The van der Waals surface area contributed by atoms with Crippen LogP contribution in [0.2, 0.25) is 0 Å². The molecule has 2 N–H and O–H groups in total. The molecule has 0 aliphatic carbocycles. The minimum absolute atomic E-state index is 0. The van der Waals surface area contributed by atoms with Crippen LogP contribution in [0.25, 0.3) is 0 Å². The molecule has 1 unspecified atom stereocenters. The second-order valence-electron chi connectivity index (χ2n) is 5.98. The first-order chi connectivity index (χ1) is 12.2. The lowest BCUT2D eigenvalue weighted by atomic mass is 10.1. The van der Waals surface area contributed by atoms with E-state index in [1.165, 1.54) is 11.1 Å². The van der Waals surface area contributed by atoms with Gasteiger partial charge < -0.3 is 15.4 Å². The second kappa shape index (κ2) is 12.7. The number of rotatable bonds is 9. The molecule has 0 bridgehead atoms. The summed E-state index contributed by atoms with van der Waals surface area (Å²) in [6.07, 6.45) is 5.90. The van der Waals surface area contributed by atoms with E-state index < -0.39 is 0 Å². The average molecular weight is 471 g/mol. The van der Waals surface area contributed by atoms with Gasteiger partial charge in [-0.2, -0.15) is 5.10 Å². The minimum atomic E-state index is 0. The number of hydrogen-bond donors (Lipinski definition) is 2. The number of nitrogens with one attached hydrogen (secondary N) is 2. The van der Waals surface area contributed by atoms with Crippen LogP contribution in [0.1, 0.15) is 30.6 Å². The van der Waals surface area contributed by atoms with Crippen molar-refractivity contribution in [1.82, 2.24) is 20.4 Å². The lowest BCUT2D eigenvalue weighted by Gasteiger charge is -2.14. The molecular weight excluding hydrogens is 441 g/mol. The van der Waals surface area contributed by atoms with Gasteiger partial charge >= 0.3 is 0 Å². The van der Waals surface area contributed by atoms with Gasteiger partial charge in [0, 0.05) is 40.0 Å². The summed E-state index contributed by atoms with van der Waals surface area (Å²) in [6, 6.07) is 10.3. The Balaban J connectivity index is 0.00000338. The molecule has 0 aliphatic heterocycles. The Morgan fingerprint density at radius 3 is 2.62 bits per heavy atom. The monoisotopic (exact) mass is 471 g/mol. The standard InChI is InChI=1S/C19H29N5O.HI/c1-16(18-8-5-4-6-9-18)25-13-7-11-21-19(20-2)22-12-10-17-14-23-24(3)15-17;/h4-6,8-9,14-16H,7,10-13H2,1-3H3,(H2,20,21,22);1H. The van der Waals surface area contributed by atoms with Crippen LogP contribution in [0.15, 0.2) is 47.7 Å². The molecule has 0 radical (unpaired) electrons. The number of aromatic nitrogens is 2. The molecule has 0 amide bonds. The maximum Gasteiger partial charge on any atom is 0.190 e. The summed E-state index contributed by atoms with van der Waals surface area (Å²) in [5.41, 5.74) is 2.43. The van der Waals surface area contributed by atoms with Crippen LogP contribution in [0.4, 0.5) is 0 Å². The number of aryl methyl sites for hydroxylation is 1. The average Bonchev–Trinajstić information content (AvgIpc) is 3.05. The van der Waals surface area contributed by atoms with Gasteiger partial charge in [-0.25, -0.2) is 0 Å². The number of ether oxygens (including phenoxy) is 1. The Morgan fingerprint density at radius 1 is 1.23 bits per heavy atom. The number of halogens is 1. The molecule has 0 saturated heterocycles. The number of guanidine groups is 1. The van der Waals surface area contributed by atoms with Gasteiger partial charge in [0.1, 0.15) is 0 Å². The van der Waals surface area contributed by atoms with E-state index in [4.69, 9.17) is 4.74 Å². The van der Waals surface area contributed by atoms with Crippen LogP contribution in [0, 0.1) is 0 Å². The maximum atomic E-state index is 5.88. The summed E-state index contributed by atoms with van der Waals surface area (Å²) >= 11 is 0. The van der Waals surface area contributed by atoms with Crippen molar-refractivity contribution >= 4 is 29.9 Å². The molecule has 1 heterocycles. The Kier molecular flexibility index (Phi) is 11.0. The molecule has 1 aromatic carbocycles. The van der Waals surface area contributed by atoms with Gasteiger partial charge in [0.25, 0.3) is 0 Å². The van der Waals surface area contributed by atoms with Crippen LogP contribution in [-0.2, 0) is 18.2 Å². The van der Waals surface area contributed by atoms with E-state index in [1.807, 2.05) is 42.3 Å². The predicted molar refractivity (Wildman–Crippen MR) is 117 cm³/mol. The summed E-state index contributed by atoms with van der Waals surface area (Å²) < 4.78 is 7.69. The van der Waals surface area contributed by atoms with Crippen LogP contribution in [0.5, 0.6) is 0 Å². The van der Waals surface area contributed by atoms with Crippen molar-refractivity contribution in [2.24, 2.45) is 12.0 Å². The SMILES string of the molecule is CN=C(NCCCOC(C)c1ccccc1)NCCc1cnn(C)c1.I. The summed E-state index contributed by atoms with van der Waals surface area (Å²) in [5.74, 6) is 0.819. The van der Waals surface area contributed by atoms with Crippen molar-refractivity contribution in [2.75, 3.05) is 26.7 Å². The van der Waals surface area contributed by atoms with E-state index in [-0.39, 0.29) is 30.1 Å². The topological polar surface area (TPSA) is 63.5 Å². The van der Waals surface area contributed by atoms with Gasteiger partial charge in [-0.1, -0.05) is 30.3 Å². The van der Waals surface area contributed by atoms with E-state index in [9.17, 15) is 0 Å². The van der Waals surface area contributed by atoms with Crippen LogP contribution in [-0.4, -0.2) is 42.5 Å². The molecule has 1 atom stereocenters. The number of hydrogen-bond acceptors (Lipinski definition) is 3. The fourth-order valence-corrected chi connectivity index (χ4v) is 2.51. The molecular formula is C19H30IN5O. The molecule has 1 aromatic heterocycles. The van der Waals surface area contributed by atoms with E-state index in [1.54, 1.807) is 7.05 Å². The zero-order valence-electron chi connectivity index (χ0n) is 15.8. The molecule has 26 heavy (non-hydrogen) atoms. The number of benzene rings is 1. The van der Waals surface area contributed by atoms with Crippen LogP contribution >= 0.6 is 24.0 Å². The minimum Gasteiger partial charge on any atom is -0.374 e. The highest BCUT2D eigenvalue weighted by atomic mass is 127. The second-order valence-corrected chi connectivity index (χ2v) is 5.98. The largest absolute Gasteiger partial charge is 0.374 e. The Morgan fingerprint density at radius 2 is 1.96 bits per heavy atom. The molecule has 0 aliphatic rings. The van der Waals surface area contributed by atoms with Gasteiger partial charge in [-0.05, 0) is 30.9 Å². The Labute approximate surface area is 173 Å². The first-order valence-corrected chi connectivity index (χ1v) is 8.77. The highest BCUT2D eigenvalue weighted by Gasteiger charge is 2.04. The summed E-state index contributed by atoms with van der Waals surface area (Å²) in [7, 11) is 3.71. The summed E-state index contributed by atoms with van der Waals surface area (Å²) in [4.78, 5) is 4.24. The Hall–Kier alpha value is -1.61. The molecule has 7 heteroatoms. The van der Waals surface area contributed by atoms with Crippen molar-refractivity contribution in [1.29, 1.82) is 0 Å². The molecule has 6 nitrogen and oxygen atoms in total. The molecule has 0 saturated carbocycles. The first-order valence-electron chi connectivity index (χ1n) is 8.77. The van der Waals surface area contributed by atoms with Crippen molar-refractivity contribution in [3.8, 4) is 0 Å². The highest BCUT2D eigenvalue weighted by molar-refractivity contribution is 14.0. The van der Waals surface area contributed by atoms with E-state index >= 15 is 0 Å². The summed E-state index contributed by atoms with van der Waals surface area (Å²) in [6.45, 7) is 4.46. The zero-order chi connectivity index (χ0) is 17.9. The predicted octanol–water partition coefficient (Wildman–Crippen LogP) is 2.91. The van der Waals surface area contributed by atoms with Crippen molar-refractivity contribution in [3.63, 3.8) is 0 Å². The van der Waals surface area contributed by atoms with Crippen LogP contribution in [0.3, 0.4) is 0 Å². The molecule has 0 fully saturated rings. The van der Waals surface area contributed by atoms with E-state index in [2.05, 4.69) is 39.8 Å². The van der Waals surface area contributed by atoms with Crippen molar-refractivity contribution in [3.05, 3.63) is 53.9 Å². The first kappa shape index (κ1) is 22.4. The van der Waals surface area contributed by atoms with Gasteiger partial charge in [0.05, 0.1) is 12.3 Å². The number of nitrogens with zero attached hydrogens (tertiary/aromatic N) is 3. The fourth-order valence-electron chi connectivity index (χ4n) is 2.51. The van der Waals surface area contributed by atoms with Gasteiger partial charge in [-0.15, -0.1) is 24.0 Å². The quantitative estimate of drug-likeness (QED) is 0.256. The van der Waals surface area contributed by atoms with Gasteiger partial charge in [0.2, 0.25) is 0 Å². The molecule has 144 valence electrons. The number of aliphatic imine (C=N–C) groups is 1.